The summed E-state index contributed by atoms with van der Waals surface area (Å²) < 4.78 is 4.58. The number of carbonyl (C=O) groups excluding carboxylic acids is 1. The van der Waals surface area contributed by atoms with Crippen molar-refractivity contribution >= 4 is 13.5 Å². The van der Waals surface area contributed by atoms with E-state index in [-0.39, 0.29) is 17.4 Å². The van der Waals surface area contributed by atoms with Gasteiger partial charge in [0.05, 0.1) is 25.5 Å². The van der Waals surface area contributed by atoms with E-state index in [1.807, 2.05) is 48.5 Å². The zero-order valence-electron chi connectivity index (χ0n) is 17.9. The largest absolute Gasteiger partial charge is 0.473 e. The van der Waals surface area contributed by atoms with E-state index in [1.54, 1.807) is 12.5 Å². The topological polar surface area (TPSA) is 138 Å². The smallest absolute Gasteiger partial charge is 0.472 e. The normalized spacial score (nSPS) is 13.5. The third kappa shape index (κ3) is 27.5. The first-order valence-electron chi connectivity index (χ1n) is 9.65. The van der Waals surface area contributed by atoms with Crippen LogP contribution >= 0.6 is 0 Å². The molecule has 1 amide bonds. The zero-order chi connectivity index (χ0) is 23.0. The third-order valence-corrected chi connectivity index (χ3v) is 2.81. The van der Waals surface area contributed by atoms with Crippen LogP contribution in [-0.4, -0.2) is 54.1 Å². The van der Waals surface area contributed by atoms with Gasteiger partial charge in [0.1, 0.15) is 0 Å². The number of carbonyl (C=O) groups is 1. The second kappa shape index (κ2) is 22.6. The van der Waals surface area contributed by atoms with Crippen molar-refractivity contribution in [1.29, 1.82) is 0 Å². The lowest BCUT2D eigenvalue weighted by atomic mass is 9.93. The molecule has 3 rings (SSSR count). The lowest BCUT2D eigenvalue weighted by Gasteiger charge is -1.94. The van der Waals surface area contributed by atoms with E-state index in [4.69, 9.17) is 10.0 Å². The molecular weight excluding hydrogens is 389 g/mol. The summed E-state index contributed by atoms with van der Waals surface area (Å²) in [6, 6.07) is 15.3. The van der Waals surface area contributed by atoms with Crippen LogP contribution in [0.3, 0.4) is 0 Å². The first kappa shape index (κ1) is 29.5. The van der Waals surface area contributed by atoms with Gasteiger partial charge in [0.15, 0.2) is 0 Å². The fourth-order valence-corrected chi connectivity index (χ4v) is 1.58. The van der Waals surface area contributed by atoms with E-state index in [0.29, 0.717) is 19.4 Å². The number of nitrogens with zero attached hydrogens (tertiary/aromatic N) is 1. The summed E-state index contributed by atoms with van der Waals surface area (Å²) in [7, 11) is -1.44. The van der Waals surface area contributed by atoms with Crippen molar-refractivity contribution in [3.8, 4) is 0 Å². The Kier molecular flexibility index (Phi) is 22.2. The predicted molar refractivity (Wildman–Crippen MR) is 118 cm³/mol. The second-order valence-electron chi connectivity index (χ2n) is 6.62. The molecule has 0 radical (unpaired) electrons. The van der Waals surface area contributed by atoms with Gasteiger partial charge in [-0.25, -0.2) is 0 Å². The first-order chi connectivity index (χ1) is 14.3. The van der Waals surface area contributed by atoms with Gasteiger partial charge in [0, 0.05) is 17.9 Å². The Morgan fingerprint density at radius 2 is 1.60 bits per heavy atom. The van der Waals surface area contributed by atoms with Gasteiger partial charge in [0.2, 0.25) is 12.5 Å². The van der Waals surface area contributed by atoms with Crippen LogP contribution in [-0.2, 0) is 4.79 Å². The van der Waals surface area contributed by atoms with Crippen molar-refractivity contribution in [2.45, 2.75) is 33.2 Å². The lowest BCUT2D eigenvalue weighted by molar-refractivity contribution is -0.517. The summed E-state index contributed by atoms with van der Waals surface area (Å²) in [6.45, 7) is 7.85. The van der Waals surface area contributed by atoms with E-state index < -0.39 is 7.12 Å². The standard InChI is InChI=1S/C6H6.C4H8N2O2.C4H4O.C4H10.C2H6BNO3/c1-2-4-6-5-3-1;7-6(8)4-1-2-5-3-4;1-2-4-5-3-1;1-4(2)3;5-2-4-1-3(6)7/h1-6H;4-5H,1-3H2;1-4H;4H,1-3H3;2,6-7H,1H2,(H,4,5). The van der Waals surface area contributed by atoms with Gasteiger partial charge < -0.3 is 25.1 Å². The molecule has 1 unspecified atom stereocenters. The van der Waals surface area contributed by atoms with Crippen LogP contribution in [0, 0.1) is 16.0 Å². The predicted octanol–water partition coefficient (Wildman–Crippen LogP) is 2.00. The maximum Gasteiger partial charge on any atom is 0.472 e. The number of rotatable bonds is 4. The average molecular weight is 423 g/mol. The Balaban J connectivity index is 0. The van der Waals surface area contributed by atoms with Crippen molar-refractivity contribution in [3.05, 3.63) is 71.2 Å². The fraction of sp³-hybridized carbons (Fsp3) is 0.450. The van der Waals surface area contributed by atoms with Crippen molar-refractivity contribution < 1.29 is 24.2 Å². The van der Waals surface area contributed by atoms with Crippen LogP contribution in [0.5, 0.6) is 0 Å². The van der Waals surface area contributed by atoms with E-state index >= 15 is 0 Å². The Hall–Kier alpha value is -2.69. The fourth-order valence-electron chi connectivity index (χ4n) is 1.58. The highest BCUT2D eigenvalue weighted by Crippen LogP contribution is 1.99. The highest BCUT2D eigenvalue weighted by Gasteiger charge is 2.23. The summed E-state index contributed by atoms with van der Waals surface area (Å²) in [4.78, 5) is 19.1. The molecule has 4 N–H and O–H groups in total. The van der Waals surface area contributed by atoms with Gasteiger partial charge >= 0.3 is 7.12 Å². The molecule has 168 valence electrons. The average Bonchev–Trinajstić information content (AvgIpc) is 3.45. The summed E-state index contributed by atoms with van der Waals surface area (Å²) in [5.74, 6) is 0.833. The molecule has 1 aliphatic heterocycles. The molecule has 1 aromatic carbocycles. The van der Waals surface area contributed by atoms with Crippen molar-refractivity contribution in [2.75, 3.05) is 19.5 Å². The molecule has 2 heterocycles. The van der Waals surface area contributed by atoms with Gasteiger partial charge in [-0.1, -0.05) is 57.2 Å². The number of hydrogen-bond donors (Lipinski definition) is 4. The Morgan fingerprint density at radius 3 is 1.77 bits per heavy atom. The Labute approximate surface area is 178 Å². The second-order valence-corrected chi connectivity index (χ2v) is 6.62. The summed E-state index contributed by atoms with van der Waals surface area (Å²) in [5.41, 5.74) is 0. The van der Waals surface area contributed by atoms with Crippen LogP contribution < -0.4 is 10.6 Å². The molecule has 0 aliphatic carbocycles. The molecule has 1 aromatic heterocycles. The molecule has 9 nitrogen and oxygen atoms in total. The number of benzene rings is 1. The molecule has 1 atom stereocenters. The number of hydrogen-bond acceptors (Lipinski definition) is 7. The van der Waals surface area contributed by atoms with Crippen molar-refractivity contribution in [1.82, 2.24) is 10.6 Å². The number of nitrogens with one attached hydrogen (secondary N) is 2. The molecule has 1 aliphatic rings. The maximum atomic E-state index is 9.97. The van der Waals surface area contributed by atoms with Gasteiger partial charge in [-0.2, -0.15) is 0 Å². The molecule has 0 saturated carbocycles. The lowest BCUT2D eigenvalue weighted by Crippen LogP contribution is -2.29. The van der Waals surface area contributed by atoms with Gasteiger partial charge in [0.25, 0.3) is 0 Å². The highest BCUT2D eigenvalue weighted by molar-refractivity contribution is 6.41. The van der Waals surface area contributed by atoms with E-state index in [0.717, 1.165) is 12.5 Å². The maximum absolute atomic E-state index is 9.97. The summed E-state index contributed by atoms with van der Waals surface area (Å²) >= 11 is 0. The highest BCUT2D eigenvalue weighted by atomic mass is 16.6. The monoisotopic (exact) mass is 423 g/mol. The quantitative estimate of drug-likeness (QED) is 0.255. The zero-order valence-corrected chi connectivity index (χ0v) is 17.9. The minimum atomic E-state index is -1.44. The first-order valence-corrected chi connectivity index (χ1v) is 9.65. The minimum absolute atomic E-state index is 0.108. The molecule has 10 heteroatoms. The third-order valence-electron chi connectivity index (χ3n) is 2.81. The van der Waals surface area contributed by atoms with E-state index in [1.165, 1.54) is 0 Å². The van der Waals surface area contributed by atoms with E-state index in [9.17, 15) is 14.9 Å². The molecule has 30 heavy (non-hydrogen) atoms. The van der Waals surface area contributed by atoms with Gasteiger partial charge in [-0.05, 0) is 18.1 Å². The number of amides is 1. The van der Waals surface area contributed by atoms with Crippen molar-refractivity contribution in [3.63, 3.8) is 0 Å². The van der Waals surface area contributed by atoms with Crippen LogP contribution in [0.15, 0.2) is 65.5 Å². The van der Waals surface area contributed by atoms with Gasteiger partial charge in [-0.3, -0.25) is 14.9 Å². The number of furan rings is 1. The molecule has 2 aromatic rings. The minimum Gasteiger partial charge on any atom is -0.473 e. The Morgan fingerprint density at radius 1 is 1.13 bits per heavy atom. The molecule has 1 saturated heterocycles. The summed E-state index contributed by atoms with van der Waals surface area (Å²) in [6.07, 6.45) is 4.23. The van der Waals surface area contributed by atoms with Crippen LogP contribution in [0.2, 0.25) is 0 Å². The van der Waals surface area contributed by atoms with Crippen LogP contribution in [0.1, 0.15) is 27.2 Å². The SMILES string of the molecule is CC(C)C.O=CNCB(O)O.O=[N+]([O-])C1CCNC1.c1ccccc1.c1ccoc1. The summed E-state index contributed by atoms with van der Waals surface area (Å²) in [5, 5.41) is 31.0. The van der Waals surface area contributed by atoms with Crippen LogP contribution in [0.25, 0.3) is 0 Å². The molecular formula is C20H34BN3O6. The molecule has 1 fully saturated rings. The van der Waals surface area contributed by atoms with Crippen LogP contribution in [0.4, 0.5) is 0 Å². The van der Waals surface area contributed by atoms with E-state index in [2.05, 4.69) is 35.8 Å². The molecule has 0 bridgehead atoms. The molecule has 0 spiro atoms. The Bertz CT molecular complexity index is 533. The van der Waals surface area contributed by atoms with Gasteiger partial charge in [-0.15, -0.1) is 0 Å². The van der Waals surface area contributed by atoms with Crippen molar-refractivity contribution in [2.24, 2.45) is 5.92 Å². The number of nitro groups is 1.